The van der Waals surface area contributed by atoms with Crippen LogP contribution in [0.3, 0.4) is 0 Å². The molecule has 2 aromatic rings. The second kappa shape index (κ2) is 5.90. The maximum absolute atomic E-state index is 10.9. The van der Waals surface area contributed by atoms with Gasteiger partial charge in [-0.3, -0.25) is 0 Å². The fourth-order valence-electron chi connectivity index (χ4n) is 2.21. The highest BCUT2D eigenvalue weighted by Gasteiger charge is 2.29. The zero-order valence-electron chi connectivity index (χ0n) is 12.6. The molecule has 3 heteroatoms. The van der Waals surface area contributed by atoms with Crippen molar-refractivity contribution in [3.63, 3.8) is 0 Å². The van der Waals surface area contributed by atoms with Gasteiger partial charge in [0.25, 0.3) is 0 Å². The van der Waals surface area contributed by atoms with Gasteiger partial charge in [-0.1, -0.05) is 30.2 Å². The number of nitrogens with one attached hydrogen (secondary N) is 1. The Balaban J connectivity index is 2.42. The Kier molecular flexibility index (Phi) is 4.21. The summed E-state index contributed by atoms with van der Waals surface area (Å²) in [6.45, 7) is 0. The number of aliphatic hydroxyl groups is 1. The van der Waals surface area contributed by atoms with Gasteiger partial charge >= 0.3 is 0 Å². The van der Waals surface area contributed by atoms with Crippen LogP contribution in [-0.4, -0.2) is 26.2 Å². The molecule has 108 valence electrons. The van der Waals surface area contributed by atoms with Crippen LogP contribution in [0.15, 0.2) is 48.5 Å². The second-order valence-electron chi connectivity index (χ2n) is 5.12. The molecule has 0 saturated carbocycles. The van der Waals surface area contributed by atoms with Gasteiger partial charge in [0.05, 0.1) is 0 Å². The molecular weight excluding hydrogens is 260 g/mol. The van der Waals surface area contributed by atoms with E-state index in [-0.39, 0.29) is 0 Å². The average molecular weight is 280 g/mol. The fourth-order valence-corrected chi connectivity index (χ4v) is 2.21. The summed E-state index contributed by atoms with van der Waals surface area (Å²) in [5.41, 5.74) is 1.98. The van der Waals surface area contributed by atoms with E-state index in [1.807, 2.05) is 74.6 Å². The second-order valence-corrected chi connectivity index (χ2v) is 5.12. The highest BCUT2D eigenvalue weighted by atomic mass is 16.3. The molecule has 0 bridgehead atoms. The number of terminal acetylenes is 1. The van der Waals surface area contributed by atoms with Gasteiger partial charge in [-0.05, 0) is 24.3 Å². The molecule has 0 radical (unpaired) electrons. The summed E-state index contributed by atoms with van der Waals surface area (Å²) >= 11 is 0. The van der Waals surface area contributed by atoms with E-state index in [9.17, 15) is 5.11 Å². The van der Waals surface area contributed by atoms with Crippen molar-refractivity contribution < 1.29 is 5.11 Å². The lowest BCUT2D eigenvalue weighted by Crippen LogP contribution is -2.25. The smallest absolute Gasteiger partial charge is 0.176 e. The summed E-state index contributed by atoms with van der Waals surface area (Å²) in [7, 11) is 5.79. The maximum Gasteiger partial charge on any atom is 0.176 e. The molecule has 0 spiro atoms. The quantitative estimate of drug-likeness (QED) is 0.845. The van der Waals surface area contributed by atoms with Crippen LogP contribution in [-0.2, 0) is 5.60 Å². The number of anilines is 2. The van der Waals surface area contributed by atoms with Gasteiger partial charge in [-0.15, -0.1) is 6.42 Å². The highest BCUT2D eigenvalue weighted by Crippen LogP contribution is 2.30. The van der Waals surface area contributed by atoms with Crippen LogP contribution in [0.1, 0.15) is 11.1 Å². The van der Waals surface area contributed by atoms with E-state index in [1.54, 1.807) is 0 Å². The van der Waals surface area contributed by atoms with Gasteiger partial charge in [-0.2, -0.15) is 0 Å². The zero-order valence-corrected chi connectivity index (χ0v) is 12.6. The number of rotatable bonds is 4. The van der Waals surface area contributed by atoms with Crippen molar-refractivity contribution in [3.05, 3.63) is 59.7 Å². The first-order valence-corrected chi connectivity index (χ1v) is 6.77. The highest BCUT2D eigenvalue weighted by molar-refractivity contribution is 5.53. The maximum atomic E-state index is 10.9. The molecule has 0 aliphatic carbocycles. The minimum absolute atomic E-state index is 0.682. The predicted octanol–water partition coefficient (Wildman–Crippen LogP) is 2.66. The number of nitrogens with zero attached hydrogens (tertiary/aromatic N) is 1. The Morgan fingerprint density at radius 2 is 1.48 bits per heavy atom. The lowest BCUT2D eigenvalue weighted by molar-refractivity contribution is 0.145. The Morgan fingerprint density at radius 3 is 1.86 bits per heavy atom. The first-order valence-electron chi connectivity index (χ1n) is 6.77. The fraction of sp³-hybridized carbons (Fsp3) is 0.222. The molecule has 0 fully saturated rings. The van der Waals surface area contributed by atoms with Gasteiger partial charge in [0.2, 0.25) is 0 Å². The first-order chi connectivity index (χ1) is 10.0. The summed E-state index contributed by atoms with van der Waals surface area (Å²) in [6.07, 6.45) is 5.61. The van der Waals surface area contributed by atoms with Crippen LogP contribution >= 0.6 is 0 Å². The molecule has 0 heterocycles. The van der Waals surface area contributed by atoms with Crippen LogP contribution in [0.2, 0.25) is 0 Å². The van der Waals surface area contributed by atoms with Crippen molar-refractivity contribution in [1.29, 1.82) is 0 Å². The number of benzene rings is 2. The van der Waals surface area contributed by atoms with E-state index in [0.717, 1.165) is 11.4 Å². The van der Waals surface area contributed by atoms with Crippen molar-refractivity contribution >= 4 is 11.4 Å². The monoisotopic (exact) mass is 280 g/mol. The minimum atomic E-state index is -1.42. The van der Waals surface area contributed by atoms with E-state index in [1.165, 1.54) is 0 Å². The molecule has 1 unspecified atom stereocenters. The molecule has 2 N–H and O–H groups in total. The Morgan fingerprint density at radius 1 is 1.00 bits per heavy atom. The molecule has 1 atom stereocenters. The topological polar surface area (TPSA) is 35.5 Å². The number of hydrogen-bond acceptors (Lipinski definition) is 3. The van der Waals surface area contributed by atoms with E-state index in [4.69, 9.17) is 6.42 Å². The lowest BCUT2D eigenvalue weighted by Gasteiger charge is -2.24. The summed E-state index contributed by atoms with van der Waals surface area (Å²) in [5.74, 6) is 2.52. The molecule has 3 nitrogen and oxygen atoms in total. The van der Waals surface area contributed by atoms with Crippen LogP contribution < -0.4 is 10.2 Å². The van der Waals surface area contributed by atoms with Crippen molar-refractivity contribution in [2.24, 2.45) is 0 Å². The first kappa shape index (κ1) is 15.0. The van der Waals surface area contributed by atoms with Crippen molar-refractivity contribution in [2.75, 3.05) is 31.4 Å². The molecule has 0 aromatic heterocycles. The van der Waals surface area contributed by atoms with Crippen molar-refractivity contribution in [3.8, 4) is 12.3 Å². The van der Waals surface area contributed by atoms with Crippen molar-refractivity contribution in [1.82, 2.24) is 0 Å². The molecule has 2 rings (SSSR count). The summed E-state index contributed by atoms with van der Waals surface area (Å²) < 4.78 is 0. The SMILES string of the molecule is C#CC(O)(c1ccc(NC)cc1)c1ccc(N(C)C)cc1. The van der Waals surface area contributed by atoms with Gasteiger partial charge in [0, 0.05) is 43.6 Å². The van der Waals surface area contributed by atoms with Crippen LogP contribution in [0.4, 0.5) is 11.4 Å². The zero-order chi connectivity index (χ0) is 15.5. The average Bonchev–Trinajstić information content (AvgIpc) is 2.54. The molecule has 2 aromatic carbocycles. The van der Waals surface area contributed by atoms with Gasteiger partial charge in [0.1, 0.15) is 0 Å². The third-order valence-electron chi connectivity index (χ3n) is 3.60. The van der Waals surface area contributed by atoms with E-state index >= 15 is 0 Å². The molecule has 21 heavy (non-hydrogen) atoms. The molecule has 0 saturated heterocycles. The normalized spacial score (nSPS) is 13.1. The predicted molar refractivity (Wildman–Crippen MR) is 88.6 cm³/mol. The van der Waals surface area contributed by atoms with E-state index in [2.05, 4.69) is 11.2 Å². The standard InChI is InChI=1S/C18H20N2O/c1-5-18(21,14-6-10-16(19-2)11-7-14)15-8-12-17(13-9-15)20(3)4/h1,6-13,19,21H,2-4H3. The van der Waals surface area contributed by atoms with Gasteiger partial charge in [0.15, 0.2) is 5.60 Å². The summed E-state index contributed by atoms with van der Waals surface area (Å²) in [6, 6.07) is 15.1. The Labute approximate surface area is 126 Å². The summed E-state index contributed by atoms with van der Waals surface area (Å²) in [5, 5.41) is 13.9. The molecule has 0 aliphatic rings. The molecule has 0 amide bonds. The third kappa shape index (κ3) is 2.86. The Hall–Kier alpha value is -2.44. The van der Waals surface area contributed by atoms with E-state index in [0.29, 0.717) is 11.1 Å². The van der Waals surface area contributed by atoms with Crippen LogP contribution in [0.25, 0.3) is 0 Å². The summed E-state index contributed by atoms with van der Waals surface area (Å²) in [4.78, 5) is 2.00. The van der Waals surface area contributed by atoms with Gasteiger partial charge < -0.3 is 15.3 Å². The number of hydrogen-bond donors (Lipinski definition) is 2. The van der Waals surface area contributed by atoms with Gasteiger partial charge in [-0.25, -0.2) is 0 Å². The largest absolute Gasteiger partial charge is 0.388 e. The van der Waals surface area contributed by atoms with Crippen LogP contribution in [0, 0.1) is 12.3 Å². The Bertz CT molecular complexity index is 638. The lowest BCUT2D eigenvalue weighted by atomic mass is 9.87. The van der Waals surface area contributed by atoms with Crippen LogP contribution in [0.5, 0.6) is 0 Å². The minimum Gasteiger partial charge on any atom is -0.388 e. The molecular formula is C18H20N2O. The van der Waals surface area contributed by atoms with Crippen molar-refractivity contribution in [2.45, 2.75) is 5.60 Å². The third-order valence-corrected chi connectivity index (χ3v) is 3.60. The molecule has 0 aliphatic heterocycles. The van der Waals surface area contributed by atoms with E-state index < -0.39 is 5.60 Å².